The maximum Gasteiger partial charge on any atom is 0.263 e. The molecule has 9 heavy (non-hydrogen) atoms. The third-order valence-electron chi connectivity index (χ3n) is 0.806. The van der Waals surface area contributed by atoms with Crippen LogP contribution in [0.25, 0.3) is 0 Å². The number of aromatic nitrogens is 1. The summed E-state index contributed by atoms with van der Waals surface area (Å²) in [5, 5.41) is 17.5. The summed E-state index contributed by atoms with van der Waals surface area (Å²) in [5.74, 6) is 0.0203. The zero-order valence-corrected chi connectivity index (χ0v) is 6.04. The van der Waals surface area contributed by atoms with Crippen molar-refractivity contribution in [2.24, 2.45) is 0 Å². The lowest BCUT2D eigenvalue weighted by Crippen LogP contribution is -2.28. The van der Waals surface area contributed by atoms with Gasteiger partial charge in [-0.05, 0) is 15.9 Å². The molecular formula is C5H5BrNO2+. The summed E-state index contributed by atoms with van der Waals surface area (Å²) >= 11 is 3.07. The van der Waals surface area contributed by atoms with Crippen molar-refractivity contribution in [3.05, 3.63) is 22.9 Å². The van der Waals surface area contributed by atoms with Gasteiger partial charge in [-0.3, -0.25) is 5.21 Å². The van der Waals surface area contributed by atoms with E-state index in [1.54, 1.807) is 0 Å². The minimum absolute atomic E-state index is 0.0203. The highest BCUT2D eigenvalue weighted by molar-refractivity contribution is 9.10. The molecule has 4 heteroatoms. The van der Waals surface area contributed by atoms with Crippen LogP contribution in [-0.4, -0.2) is 10.3 Å². The van der Waals surface area contributed by atoms with E-state index < -0.39 is 0 Å². The fourth-order valence-corrected chi connectivity index (χ4v) is 0.959. The smallest absolute Gasteiger partial charge is 0.263 e. The van der Waals surface area contributed by atoms with Crippen LogP contribution >= 0.6 is 15.9 Å². The molecule has 1 aromatic heterocycles. The molecule has 0 bridgehead atoms. The molecule has 0 spiro atoms. The standard InChI is InChI=1S/C5H4BrNO2/c6-4-1-5(8)3-7(9)2-4/h1-3H,(H-,8,9)/p+1. The van der Waals surface area contributed by atoms with Gasteiger partial charge in [0.1, 0.15) is 0 Å². The number of hydrogen-bond acceptors (Lipinski definition) is 2. The minimum atomic E-state index is 0.0203. The van der Waals surface area contributed by atoms with Gasteiger partial charge in [0.25, 0.3) is 6.20 Å². The number of aromatic hydroxyl groups is 1. The summed E-state index contributed by atoms with van der Waals surface area (Å²) in [4.78, 5) is 0. The molecule has 1 rings (SSSR count). The number of hydrogen-bond donors (Lipinski definition) is 2. The molecule has 0 amide bonds. The summed E-state index contributed by atoms with van der Waals surface area (Å²) in [6.45, 7) is 0. The minimum Gasteiger partial charge on any atom is -0.503 e. The molecule has 48 valence electrons. The van der Waals surface area contributed by atoms with Crippen molar-refractivity contribution in [3.63, 3.8) is 0 Å². The van der Waals surface area contributed by atoms with Gasteiger partial charge in [0, 0.05) is 10.8 Å². The Morgan fingerprint density at radius 3 is 2.56 bits per heavy atom. The van der Waals surface area contributed by atoms with Crippen LogP contribution in [0.1, 0.15) is 0 Å². The lowest BCUT2D eigenvalue weighted by molar-refractivity contribution is -0.905. The lowest BCUT2D eigenvalue weighted by atomic mass is 10.5. The van der Waals surface area contributed by atoms with Crippen LogP contribution in [0, 0.1) is 0 Å². The molecule has 1 heterocycles. The van der Waals surface area contributed by atoms with Gasteiger partial charge in [0.2, 0.25) is 6.20 Å². The molecule has 0 fully saturated rings. The Kier molecular flexibility index (Phi) is 1.57. The maximum atomic E-state index is 8.78. The predicted octanol–water partition coefficient (Wildman–Crippen LogP) is 0.680. The zero-order chi connectivity index (χ0) is 6.85. The second kappa shape index (κ2) is 2.23. The van der Waals surface area contributed by atoms with Crippen molar-refractivity contribution in [2.45, 2.75) is 0 Å². The largest absolute Gasteiger partial charge is 0.503 e. The Hall–Kier alpha value is -0.770. The monoisotopic (exact) mass is 190 g/mol. The first-order chi connectivity index (χ1) is 4.18. The number of halogens is 1. The Bertz CT molecular complexity index is 176. The third kappa shape index (κ3) is 1.57. The van der Waals surface area contributed by atoms with E-state index in [1.807, 2.05) is 0 Å². The topological polar surface area (TPSA) is 44.3 Å². The molecule has 0 aliphatic carbocycles. The molecule has 2 N–H and O–H groups in total. The maximum absolute atomic E-state index is 8.78. The van der Waals surface area contributed by atoms with Crippen molar-refractivity contribution in [1.82, 2.24) is 0 Å². The van der Waals surface area contributed by atoms with Crippen LogP contribution in [0.3, 0.4) is 0 Å². The van der Waals surface area contributed by atoms with E-state index in [0.717, 1.165) is 4.73 Å². The fourth-order valence-electron chi connectivity index (χ4n) is 0.515. The second-order valence-electron chi connectivity index (χ2n) is 1.59. The SMILES string of the molecule is Oc1cc(Br)c[n+](O)c1. The first kappa shape index (κ1) is 6.35. The van der Waals surface area contributed by atoms with Crippen LogP contribution in [0.15, 0.2) is 22.9 Å². The highest BCUT2D eigenvalue weighted by atomic mass is 79.9. The normalized spacial score (nSPS) is 9.44. The molecular weight excluding hydrogens is 186 g/mol. The van der Waals surface area contributed by atoms with Crippen molar-refractivity contribution < 1.29 is 15.0 Å². The molecule has 1 aromatic rings. The van der Waals surface area contributed by atoms with Gasteiger partial charge in [-0.15, -0.1) is 0 Å². The number of pyridine rings is 1. The molecule has 0 aromatic carbocycles. The van der Waals surface area contributed by atoms with Gasteiger partial charge >= 0.3 is 0 Å². The Morgan fingerprint density at radius 2 is 2.11 bits per heavy atom. The van der Waals surface area contributed by atoms with Crippen LogP contribution < -0.4 is 4.73 Å². The van der Waals surface area contributed by atoms with Gasteiger partial charge < -0.3 is 5.11 Å². The Balaban J connectivity index is 3.17. The summed E-state index contributed by atoms with van der Waals surface area (Å²) in [6.07, 6.45) is 2.60. The first-order valence-corrected chi connectivity index (χ1v) is 3.08. The molecule has 0 saturated carbocycles. The van der Waals surface area contributed by atoms with Gasteiger partial charge in [0.15, 0.2) is 5.75 Å². The summed E-state index contributed by atoms with van der Waals surface area (Å²) in [5.41, 5.74) is 0. The molecule has 0 saturated heterocycles. The summed E-state index contributed by atoms with van der Waals surface area (Å²) < 4.78 is 1.41. The van der Waals surface area contributed by atoms with E-state index in [9.17, 15) is 0 Å². The number of rotatable bonds is 0. The number of nitrogens with zero attached hydrogens (tertiary/aromatic N) is 1. The molecule has 3 nitrogen and oxygen atoms in total. The van der Waals surface area contributed by atoms with Crippen molar-refractivity contribution >= 4 is 15.9 Å². The Labute approximate surface area is 60.3 Å². The first-order valence-electron chi connectivity index (χ1n) is 2.28. The Morgan fingerprint density at radius 1 is 1.44 bits per heavy atom. The van der Waals surface area contributed by atoms with Crippen LogP contribution in [-0.2, 0) is 0 Å². The van der Waals surface area contributed by atoms with Gasteiger partial charge in [-0.25, -0.2) is 0 Å². The van der Waals surface area contributed by atoms with Crippen molar-refractivity contribution in [1.29, 1.82) is 0 Å². The second-order valence-corrected chi connectivity index (χ2v) is 2.51. The quantitative estimate of drug-likeness (QED) is 0.467. The van der Waals surface area contributed by atoms with Crippen LogP contribution in [0.2, 0.25) is 0 Å². The molecule has 0 aliphatic rings. The highest BCUT2D eigenvalue weighted by Gasteiger charge is 2.00. The van der Waals surface area contributed by atoms with Crippen LogP contribution in [0.4, 0.5) is 0 Å². The van der Waals surface area contributed by atoms with E-state index in [4.69, 9.17) is 10.3 Å². The molecule has 0 unspecified atom stereocenters. The third-order valence-corrected chi connectivity index (χ3v) is 1.24. The van der Waals surface area contributed by atoms with E-state index >= 15 is 0 Å². The molecule has 0 atom stereocenters. The fraction of sp³-hybridized carbons (Fsp3) is 0. The molecule has 0 aliphatic heterocycles. The van der Waals surface area contributed by atoms with E-state index in [-0.39, 0.29) is 5.75 Å². The summed E-state index contributed by atoms with van der Waals surface area (Å²) in [6, 6.07) is 1.48. The van der Waals surface area contributed by atoms with Crippen molar-refractivity contribution in [2.75, 3.05) is 0 Å². The van der Waals surface area contributed by atoms with E-state index in [2.05, 4.69) is 15.9 Å². The van der Waals surface area contributed by atoms with Gasteiger partial charge in [-0.2, -0.15) is 0 Å². The van der Waals surface area contributed by atoms with Gasteiger partial charge in [0.05, 0.1) is 4.47 Å². The predicted molar refractivity (Wildman–Crippen MR) is 33.2 cm³/mol. The van der Waals surface area contributed by atoms with E-state index in [0.29, 0.717) is 4.47 Å². The average Bonchev–Trinajstić information content (AvgIpc) is 1.59. The average molecular weight is 191 g/mol. The van der Waals surface area contributed by atoms with E-state index in [1.165, 1.54) is 18.5 Å². The van der Waals surface area contributed by atoms with Crippen LogP contribution in [0.5, 0.6) is 5.75 Å². The lowest BCUT2D eigenvalue weighted by Gasteiger charge is -1.86. The van der Waals surface area contributed by atoms with Crippen molar-refractivity contribution in [3.8, 4) is 5.75 Å². The van der Waals surface area contributed by atoms with Gasteiger partial charge in [-0.1, -0.05) is 0 Å². The molecule has 0 radical (unpaired) electrons. The highest BCUT2D eigenvalue weighted by Crippen LogP contribution is 2.11. The zero-order valence-electron chi connectivity index (χ0n) is 4.45. The summed E-state index contributed by atoms with van der Waals surface area (Å²) in [7, 11) is 0.